The third-order valence-electron chi connectivity index (χ3n) is 6.03. The largest absolute Gasteiger partial charge is 0.368 e. The van der Waals surface area contributed by atoms with Gasteiger partial charge in [-0.05, 0) is 68.5 Å². The SMILES string of the molecule is C[C@H]1Cc2ccccc2N1CCCNC(=O)c1ccc(S(=O)(=O)N2CCCC2)cc1. The van der Waals surface area contributed by atoms with E-state index in [9.17, 15) is 13.2 Å². The third kappa shape index (κ3) is 4.23. The van der Waals surface area contributed by atoms with Crippen LogP contribution in [-0.2, 0) is 16.4 Å². The maximum atomic E-state index is 12.6. The number of amides is 1. The van der Waals surface area contributed by atoms with Gasteiger partial charge in [-0.3, -0.25) is 4.79 Å². The van der Waals surface area contributed by atoms with Crippen molar-refractivity contribution in [3.8, 4) is 0 Å². The quantitative estimate of drug-likeness (QED) is 0.690. The lowest BCUT2D eigenvalue weighted by Gasteiger charge is -2.25. The van der Waals surface area contributed by atoms with Crippen LogP contribution in [0.15, 0.2) is 53.4 Å². The number of anilines is 1. The van der Waals surface area contributed by atoms with E-state index in [1.165, 1.54) is 27.7 Å². The summed E-state index contributed by atoms with van der Waals surface area (Å²) >= 11 is 0. The summed E-state index contributed by atoms with van der Waals surface area (Å²) in [4.78, 5) is 15.1. The van der Waals surface area contributed by atoms with Crippen molar-refractivity contribution >= 4 is 21.6 Å². The topological polar surface area (TPSA) is 69.7 Å². The number of carbonyl (C=O) groups is 1. The van der Waals surface area contributed by atoms with Gasteiger partial charge in [0.05, 0.1) is 4.90 Å². The first kappa shape index (κ1) is 20.9. The van der Waals surface area contributed by atoms with E-state index in [0.717, 1.165) is 32.2 Å². The van der Waals surface area contributed by atoms with Crippen molar-refractivity contribution in [3.05, 3.63) is 59.7 Å². The van der Waals surface area contributed by atoms with Gasteiger partial charge in [0, 0.05) is 43.5 Å². The van der Waals surface area contributed by atoms with Crippen LogP contribution >= 0.6 is 0 Å². The van der Waals surface area contributed by atoms with Crippen molar-refractivity contribution in [2.45, 2.75) is 43.5 Å². The highest BCUT2D eigenvalue weighted by molar-refractivity contribution is 7.89. The first-order chi connectivity index (χ1) is 14.5. The van der Waals surface area contributed by atoms with Crippen molar-refractivity contribution in [1.82, 2.24) is 9.62 Å². The normalized spacial score (nSPS) is 19.1. The highest BCUT2D eigenvalue weighted by Crippen LogP contribution is 2.31. The van der Waals surface area contributed by atoms with Gasteiger partial charge in [0.2, 0.25) is 10.0 Å². The number of carbonyl (C=O) groups excluding carboxylic acids is 1. The average molecular weight is 428 g/mol. The molecule has 0 saturated carbocycles. The summed E-state index contributed by atoms with van der Waals surface area (Å²) in [6.45, 7) is 4.86. The van der Waals surface area contributed by atoms with E-state index in [1.807, 2.05) is 0 Å². The summed E-state index contributed by atoms with van der Waals surface area (Å²) in [7, 11) is -3.45. The maximum absolute atomic E-state index is 12.6. The van der Waals surface area contributed by atoms with Gasteiger partial charge in [0.1, 0.15) is 0 Å². The molecule has 0 spiro atoms. The molecule has 0 radical (unpaired) electrons. The summed E-state index contributed by atoms with van der Waals surface area (Å²) in [5.41, 5.74) is 3.17. The first-order valence-corrected chi connectivity index (χ1v) is 12.1. The fourth-order valence-corrected chi connectivity index (χ4v) is 5.90. The number of hydrogen-bond donors (Lipinski definition) is 1. The van der Waals surface area contributed by atoms with Gasteiger partial charge in [-0.1, -0.05) is 18.2 Å². The molecule has 160 valence electrons. The summed E-state index contributed by atoms with van der Waals surface area (Å²) in [5, 5.41) is 2.95. The van der Waals surface area contributed by atoms with Crippen LogP contribution < -0.4 is 10.2 Å². The molecular formula is C23H29N3O3S. The highest BCUT2D eigenvalue weighted by Gasteiger charge is 2.27. The minimum atomic E-state index is -3.45. The standard InChI is InChI=1S/C23H29N3O3S/c1-18-17-20-7-2-3-8-22(20)26(18)16-6-13-24-23(27)19-9-11-21(12-10-19)30(28,29)25-14-4-5-15-25/h2-3,7-12,18H,4-6,13-17H2,1H3,(H,24,27)/t18-/m0/s1. The van der Waals surface area contributed by atoms with E-state index in [4.69, 9.17) is 0 Å². The van der Waals surface area contributed by atoms with Crippen LogP contribution in [0.4, 0.5) is 5.69 Å². The fraction of sp³-hybridized carbons (Fsp3) is 0.435. The molecular weight excluding hydrogens is 398 g/mol. The molecule has 1 amide bonds. The van der Waals surface area contributed by atoms with Gasteiger partial charge in [-0.2, -0.15) is 4.31 Å². The number of hydrogen-bond acceptors (Lipinski definition) is 4. The zero-order valence-corrected chi connectivity index (χ0v) is 18.2. The zero-order chi connectivity index (χ0) is 21.1. The molecule has 0 aliphatic carbocycles. The van der Waals surface area contributed by atoms with Crippen LogP contribution in [0.5, 0.6) is 0 Å². The predicted octanol–water partition coefficient (Wildman–Crippen LogP) is 3.04. The number of fused-ring (bicyclic) bond motifs is 1. The van der Waals surface area contributed by atoms with Crippen LogP contribution in [0.2, 0.25) is 0 Å². The van der Waals surface area contributed by atoms with Crippen LogP contribution in [-0.4, -0.2) is 50.9 Å². The second kappa shape index (κ2) is 8.78. The molecule has 0 bridgehead atoms. The molecule has 2 aromatic rings. The number of para-hydroxylation sites is 1. The smallest absolute Gasteiger partial charge is 0.251 e. The fourth-order valence-electron chi connectivity index (χ4n) is 4.38. The number of sulfonamides is 1. The minimum absolute atomic E-state index is 0.171. The lowest BCUT2D eigenvalue weighted by atomic mass is 10.1. The third-order valence-corrected chi connectivity index (χ3v) is 7.94. The minimum Gasteiger partial charge on any atom is -0.368 e. The highest BCUT2D eigenvalue weighted by atomic mass is 32.2. The van der Waals surface area contributed by atoms with Crippen LogP contribution in [0.3, 0.4) is 0 Å². The van der Waals surface area contributed by atoms with Gasteiger partial charge >= 0.3 is 0 Å². The number of benzene rings is 2. The first-order valence-electron chi connectivity index (χ1n) is 10.7. The van der Waals surface area contributed by atoms with E-state index < -0.39 is 10.0 Å². The van der Waals surface area contributed by atoms with Gasteiger partial charge in [0.25, 0.3) is 5.91 Å². The molecule has 1 atom stereocenters. The monoisotopic (exact) mass is 427 g/mol. The van der Waals surface area contributed by atoms with Crippen LogP contribution in [0.1, 0.15) is 42.1 Å². The molecule has 1 N–H and O–H groups in total. The molecule has 2 aliphatic rings. The lowest BCUT2D eigenvalue weighted by molar-refractivity contribution is 0.0953. The van der Waals surface area contributed by atoms with E-state index >= 15 is 0 Å². The van der Waals surface area contributed by atoms with Crippen molar-refractivity contribution in [2.24, 2.45) is 0 Å². The Morgan fingerprint density at radius 1 is 1.07 bits per heavy atom. The molecule has 1 saturated heterocycles. The van der Waals surface area contributed by atoms with Crippen molar-refractivity contribution < 1.29 is 13.2 Å². The Kier molecular flexibility index (Phi) is 6.11. The van der Waals surface area contributed by atoms with Gasteiger partial charge in [-0.15, -0.1) is 0 Å². The summed E-state index contributed by atoms with van der Waals surface area (Å²) in [6.07, 6.45) is 3.73. The Labute approximate surface area is 178 Å². The molecule has 1 fully saturated rings. The summed E-state index contributed by atoms with van der Waals surface area (Å²) in [5.74, 6) is -0.171. The molecule has 2 heterocycles. The maximum Gasteiger partial charge on any atom is 0.251 e. The van der Waals surface area contributed by atoms with Crippen molar-refractivity contribution in [2.75, 3.05) is 31.1 Å². The second-order valence-electron chi connectivity index (χ2n) is 8.12. The Bertz CT molecular complexity index is 999. The summed E-state index contributed by atoms with van der Waals surface area (Å²) in [6, 6.07) is 15.2. The molecule has 7 heteroatoms. The number of nitrogens with zero attached hydrogens (tertiary/aromatic N) is 2. The van der Waals surface area contributed by atoms with Gasteiger partial charge in [0.15, 0.2) is 0 Å². The van der Waals surface area contributed by atoms with E-state index in [-0.39, 0.29) is 10.8 Å². The van der Waals surface area contributed by atoms with Crippen LogP contribution in [0, 0.1) is 0 Å². The Morgan fingerprint density at radius 2 is 1.77 bits per heavy atom. The Hall–Kier alpha value is -2.38. The molecule has 6 nitrogen and oxygen atoms in total. The Morgan fingerprint density at radius 3 is 2.50 bits per heavy atom. The lowest BCUT2D eigenvalue weighted by Crippen LogP contribution is -2.33. The second-order valence-corrected chi connectivity index (χ2v) is 10.1. The number of rotatable bonds is 7. The molecule has 2 aromatic carbocycles. The zero-order valence-electron chi connectivity index (χ0n) is 17.4. The van der Waals surface area contributed by atoms with Gasteiger partial charge < -0.3 is 10.2 Å². The molecule has 0 aromatic heterocycles. The summed E-state index contributed by atoms with van der Waals surface area (Å²) < 4.78 is 26.7. The molecule has 4 rings (SSSR count). The van der Waals surface area contributed by atoms with Crippen molar-refractivity contribution in [3.63, 3.8) is 0 Å². The molecule has 30 heavy (non-hydrogen) atoms. The molecule has 2 aliphatic heterocycles. The van der Waals surface area contributed by atoms with Crippen molar-refractivity contribution in [1.29, 1.82) is 0 Å². The number of nitrogens with one attached hydrogen (secondary N) is 1. The van der Waals surface area contributed by atoms with E-state index in [2.05, 4.69) is 41.4 Å². The molecule has 0 unspecified atom stereocenters. The average Bonchev–Trinajstić information content (AvgIpc) is 3.40. The van der Waals surface area contributed by atoms with E-state index in [0.29, 0.717) is 31.2 Å². The van der Waals surface area contributed by atoms with Crippen LogP contribution in [0.25, 0.3) is 0 Å². The van der Waals surface area contributed by atoms with E-state index in [1.54, 1.807) is 12.1 Å². The predicted molar refractivity (Wildman–Crippen MR) is 118 cm³/mol. The van der Waals surface area contributed by atoms with Gasteiger partial charge in [-0.25, -0.2) is 8.42 Å². The Balaban J connectivity index is 1.28.